The molecule has 1 aromatic carbocycles. The third-order valence-electron chi connectivity index (χ3n) is 2.67. The predicted octanol–water partition coefficient (Wildman–Crippen LogP) is 1.35. The number of anilines is 1. The molecule has 0 aromatic heterocycles. The fourth-order valence-corrected chi connectivity index (χ4v) is 1.41. The van der Waals surface area contributed by atoms with Crippen LogP contribution in [-0.2, 0) is 9.59 Å². The van der Waals surface area contributed by atoms with Gasteiger partial charge in [0.2, 0.25) is 5.91 Å². The summed E-state index contributed by atoms with van der Waals surface area (Å²) in [7, 11) is 0. The second-order valence-corrected chi connectivity index (χ2v) is 4.58. The van der Waals surface area contributed by atoms with Gasteiger partial charge in [-0.25, -0.2) is 0 Å². The second kappa shape index (κ2) is 10.8. The average Bonchev–Trinajstić information content (AvgIpc) is 2.47. The zero-order valence-corrected chi connectivity index (χ0v) is 12.8. The van der Waals surface area contributed by atoms with E-state index < -0.39 is 5.97 Å². The molecule has 1 unspecified atom stereocenters. The Morgan fingerprint density at radius 2 is 1.90 bits per heavy atom. The first-order valence-corrected chi connectivity index (χ1v) is 6.94. The molecule has 0 radical (unpaired) electrons. The van der Waals surface area contributed by atoms with E-state index in [1.807, 2.05) is 38.1 Å². The van der Waals surface area contributed by atoms with Gasteiger partial charge < -0.3 is 21.5 Å². The van der Waals surface area contributed by atoms with Crippen LogP contribution in [0.25, 0.3) is 0 Å². The minimum Gasteiger partial charge on any atom is -0.480 e. The maximum atomic E-state index is 11.8. The summed E-state index contributed by atoms with van der Waals surface area (Å²) in [6.07, 6.45) is 1.03. The van der Waals surface area contributed by atoms with Gasteiger partial charge in [-0.3, -0.25) is 9.59 Å². The summed E-state index contributed by atoms with van der Waals surface area (Å²) >= 11 is 0. The molecular formula is C15H25N3O3. The largest absolute Gasteiger partial charge is 0.480 e. The van der Waals surface area contributed by atoms with Crippen molar-refractivity contribution in [3.8, 4) is 0 Å². The topological polar surface area (TPSA) is 104 Å². The molecule has 0 bridgehead atoms. The third-order valence-corrected chi connectivity index (χ3v) is 2.67. The van der Waals surface area contributed by atoms with Crippen molar-refractivity contribution in [1.29, 1.82) is 0 Å². The molecule has 1 atom stereocenters. The Morgan fingerprint density at radius 3 is 2.38 bits per heavy atom. The van der Waals surface area contributed by atoms with Crippen LogP contribution in [0.3, 0.4) is 0 Å². The first-order valence-electron chi connectivity index (χ1n) is 6.94. The molecule has 0 aliphatic heterocycles. The molecule has 1 amide bonds. The Balaban J connectivity index is 0.000000690. The van der Waals surface area contributed by atoms with Gasteiger partial charge in [0.05, 0.1) is 12.6 Å². The van der Waals surface area contributed by atoms with Gasteiger partial charge in [0.1, 0.15) is 0 Å². The Labute approximate surface area is 125 Å². The second-order valence-electron chi connectivity index (χ2n) is 4.58. The summed E-state index contributed by atoms with van der Waals surface area (Å²) in [5.41, 5.74) is 6.54. The van der Waals surface area contributed by atoms with Crippen LogP contribution in [0.5, 0.6) is 0 Å². The van der Waals surface area contributed by atoms with Crippen LogP contribution in [0.15, 0.2) is 24.3 Å². The van der Waals surface area contributed by atoms with Crippen LogP contribution in [-0.4, -0.2) is 36.1 Å². The van der Waals surface area contributed by atoms with E-state index in [1.165, 1.54) is 0 Å². The molecule has 0 saturated heterocycles. The highest BCUT2D eigenvalue weighted by Crippen LogP contribution is 2.13. The number of carbonyl (C=O) groups excluding carboxylic acids is 1. The van der Waals surface area contributed by atoms with Crippen molar-refractivity contribution in [3.63, 3.8) is 0 Å². The molecule has 5 N–H and O–H groups in total. The molecule has 0 spiro atoms. The SMILES string of the molecule is CCCNC(C)C(=O)Nc1ccccc1C.NCC(=O)O. The van der Waals surface area contributed by atoms with Crippen molar-refractivity contribution in [2.75, 3.05) is 18.4 Å². The predicted molar refractivity (Wildman–Crippen MR) is 84.3 cm³/mol. The summed E-state index contributed by atoms with van der Waals surface area (Å²) in [6.45, 7) is 6.53. The Morgan fingerprint density at radius 1 is 1.33 bits per heavy atom. The van der Waals surface area contributed by atoms with E-state index >= 15 is 0 Å². The molecule has 1 rings (SSSR count). The van der Waals surface area contributed by atoms with E-state index in [4.69, 9.17) is 5.11 Å². The van der Waals surface area contributed by atoms with E-state index in [0.29, 0.717) is 0 Å². The lowest BCUT2D eigenvalue weighted by Crippen LogP contribution is -2.38. The smallest absolute Gasteiger partial charge is 0.317 e. The quantitative estimate of drug-likeness (QED) is 0.634. The van der Waals surface area contributed by atoms with Gasteiger partial charge in [-0.05, 0) is 38.4 Å². The van der Waals surface area contributed by atoms with Gasteiger partial charge in [0, 0.05) is 5.69 Å². The van der Waals surface area contributed by atoms with Crippen molar-refractivity contribution in [3.05, 3.63) is 29.8 Å². The highest BCUT2D eigenvalue weighted by Gasteiger charge is 2.12. The molecule has 1 aromatic rings. The number of nitrogens with one attached hydrogen (secondary N) is 2. The summed E-state index contributed by atoms with van der Waals surface area (Å²) in [6, 6.07) is 7.63. The third kappa shape index (κ3) is 8.78. The minimum absolute atomic E-state index is 0.0164. The van der Waals surface area contributed by atoms with Crippen molar-refractivity contribution in [2.45, 2.75) is 33.2 Å². The maximum absolute atomic E-state index is 11.8. The number of hydrogen-bond acceptors (Lipinski definition) is 4. The monoisotopic (exact) mass is 295 g/mol. The molecule has 0 heterocycles. The molecule has 0 aliphatic carbocycles. The fourth-order valence-electron chi connectivity index (χ4n) is 1.41. The van der Waals surface area contributed by atoms with Gasteiger partial charge in [0.15, 0.2) is 0 Å². The highest BCUT2D eigenvalue weighted by molar-refractivity contribution is 5.95. The van der Waals surface area contributed by atoms with E-state index in [0.717, 1.165) is 24.2 Å². The van der Waals surface area contributed by atoms with Crippen LogP contribution in [0.2, 0.25) is 0 Å². The molecule has 0 aliphatic rings. The number of hydrogen-bond donors (Lipinski definition) is 4. The number of carboxylic acids is 1. The van der Waals surface area contributed by atoms with Crippen molar-refractivity contribution >= 4 is 17.6 Å². The van der Waals surface area contributed by atoms with E-state index in [-0.39, 0.29) is 18.5 Å². The van der Waals surface area contributed by atoms with Gasteiger partial charge in [0.25, 0.3) is 0 Å². The first-order chi connectivity index (χ1) is 9.92. The molecule has 6 heteroatoms. The van der Waals surface area contributed by atoms with Crippen LogP contribution >= 0.6 is 0 Å². The number of amides is 1. The number of carboxylic acid groups (broad SMARTS) is 1. The number of nitrogens with two attached hydrogens (primary N) is 1. The van der Waals surface area contributed by atoms with Gasteiger partial charge >= 0.3 is 5.97 Å². The Bertz CT molecular complexity index is 450. The zero-order valence-electron chi connectivity index (χ0n) is 12.8. The molecule has 21 heavy (non-hydrogen) atoms. The Kier molecular flexibility index (Phi) is 9.83. The summed E-state index contributed by atoms with van der Waals surface area (Å²) in [5.74, 6) is -0.951. The lowest BCUT2D eigenvalue weighted by Gasteiger charge is -2.14. The van der Waals surface area contributed by atoms with Crippen molar-refractivity contribution < 1.29 is 14.7 Å². The number of rotatable bonds is 6. The highest BCUT2D eigenvalue weighted by atomic mass is 16.4. The maximum Gasteiger partial charge on any atom is 0.317 e. The van der Waals surface area contributed by atoms with Crippen molar-refractivity contribution in [2.24, 2.45) is 5.73 Å². The number of para-hydroxylation sites is 1. The van der Waals surface area contributed by atoms with E-state index in [2.05, 4.69) is 23.3 Å². The number of benzene rings is 1. The lowest BCUT2D eigenvalue weighted by molar-refractivity contribution is -0.135. The van der Waals surface area contributed by atoms with Crippen LogP contribution in [0, 0.1) is 6.92 Å². The standard InChI is InChI=1S/C13H20N2O.C2H5NO2/c1-4-9-14-11(3)13(16)15-12-8-6-5-7-10(12)2;3-1-2(4)5/h5-8,11,14H,4,9H2,1-3H3,(H,15,16);1,3H2,(H,4,5). The Hall–Kier alpha value is -1.92. The first kappa shape index (κ1) is 19.1. The van der Waals surface area contributed by atoms with E-state index in [1.54, 1.807) is 0 Å². The fraction of sp³-hybridized carbons (Fsp3) is 0.467. The average molecular weight is 295 g/mol. The molecule has 0 fully saturated rings. The van der Waals surface area contributed by atoms with Gasteiger partial charge in [-0.2, -0.15) is 0 Å². The summed E-state index contributed by atoms with van der Waals surface area (Å²) in [5, 5.41) is 13.7. The number of carbonyl (C=O) groups is 2. The molecule has 6 nitrogen and oxygen atoms in total. The van der Waals surface area contributed by atoms with Crippen LogP contribution in [0.1, 0.15) is 25.8 Å². The van der Waals surface area contributed by atoms with Gasteiger partial charge in [-0.15, -0.1) is 0 Å². The minimum atomic E-state index is -0.968. The van der Waals surface area contributed by atoms with Crippen molar-refractivity contribution in [1.82, 2.24) is 5.32 Å². The van der Waals surface area contributed by atoms with Crippen LogP contribution < -0.4 is 16.4 Å². The normalized spacial score (nSPS) is 11.0. The lowest BCUT2D eigenvalue weighted by atomic mass is 10.2. The van der Waals surface area contributed by atoms with Crippen LogP contribution in [0.4, 0.5) is 5.69 Å². The number of aryl methyl sites for hydroxylation is 1. The summed E-state index contributed by atoms with van der Waals surface area (Å²) in [4.78, 5) is 21.0. The number of aliphatic carboxylic acids is 1. The summed E-state index contributed by atoms with van der Waals surface area (Å²) < 4.78 is 0. The van der Waals surface area contributed by atoms with Gasteiger partial charge in [-0.1, -0.05) is 25.1 Å². The molecule has 118 valence electrons. The molecular weight excluding hydrogens is 270 g/mol. The molecule has 0 saturated carbocycles. The van der Waals surface area contributed by atoms with E-state index in [9.17, 15) is 9.59 Å². The zero-order chi connectivity index (χ0) is 16.3.